The third kappa shape index (κ3) is 2.18. The van der Waals surface area contributed by atoms with Crippen LogP contribution < -0.4 is 5.56 Å². The molecule has 0 unspecified atom stereocenters. The van der Waals surface area contributed by atoms with E-state index in [2.05, 4.69) is 20.9 Å². The highest BCUT2D eigenvalue weighted by Crippen LogP contribution is 2.27. The number of aromatic amines is 1. The Kier molecular flexibility index (Phi) is 3.08. The quantitative estimate of drug-likeness (QED) is 0.736. The lowest BCUT2D eigenvalue weighted by molar-refractivity contribution is 0.0844. The van der Waals surface area contributed by atoms with Gasteiger partial charge in [0.05, 0.1) is 16.6 Å². The van der Waals surface area contributed by atoms with Crippen molar-refractivity contribution >= 4 is 32.5 Å². The van der Waals surface area contributed by atoms with E-state index in [1.807, 2.05) is 28.8 Å². The summed E-state index contributed by atoms with van der Waals surface area (Å²) < 4.78 is 8.16. The van der Waals surface area contributed by atoms with E-state index in [-0.39, 0.29) is 5.56 Å². The smallest absolute Gasteiger partial charge is 0.259 e. The van der Waals surface area contributed by atoms with Crippen LogP contribution in [0.2, 0.25) is 0 Å². The number of nitrogens with one attached hydrogen (secondary N) is 1. The lowest BCUT2D eigenvalue weighted by atomic mass is 9.97. The Bertz CT molecular complexity index is 878. The molecule has 1 N–H and O–H groups in total. The highest BCUT2D eigenvalue weighted by atomic mass is 79.9. The van der Waals surface area contributed by atoms with Gasteiger partial charge in [0, 0.05) is 29.7 Å². The second-order valence-corrected chi connectivity index (χ2v) is 6.28. The molecule has 1 aliphatic heterocycles. The third-order valence-electron chi connectivity index (χ3n) is 4.04. The summed E-state index contributed by atoms with van der Waals surface area (Å²) in [6.45, 7) is 1.56. The molecule has 21 heavy (non-hydrogen) atoms. The molecule has 0 aliphatic carbocycles. The van der Waals surface area contributed by atoms with Gasteiger partial charge < -0.3 is 9.72 Å². The zero-order valence-electron chi connectivity index (χ0n) is 11.3. The Morgan fingerprint density at radius 3 is 2.90 bits per heavy atom. The van der Waals surface area contributed by atoms with E-state index < -0.39 is 0 Å². The maximum Gasteiger partial charge on any atom is 0.259 e. The Balaban J connectivity index is 1.96. The normalized spacial score (nSPS) is 16.8. The molecule has 0 bridgehead atoms. The van der Waals surface area contributed by atoms with Crippen LogP contribution in [0.25, 0.3) is 16.6 Å². The van der Waals surface area contributed by atoms with Gasteiger partial charge in [-0.05, 0) is 31.0 Å². The van der Waals surface area contributed by atoms with E-state index >= 15 is 0 Å². The van der Waals surface area contributed by atoms with Gasteiger partial charge in [0.1, 0.15) is 5.65 Å². The van der Waals surface area contributed by atoms with E-state index in [4.69, 9.17) is 9.84 Å². The molecular weight excluding hydrogens is 334 g/mol. The SMILES string of the molecule is O=c1[nH]c2cc(C3CCOCC3)nn2c2cc(Br)ccc12. The molecule has 3 heterocycles. The van der Waals surface area contributed by atoms with E-state index in [1.165, 1.54) is 0 Å². The Hall–Kier alpha value is -1.66. The molecule has 0 amide bonds. The van der Waals surface area contributed by atoms with Crippen molar-refractivity contribution in [3.8, 4) is 0 Å². The van der Waals surface area contributed by atoms with E-state index in [9.17, 15) is 4.79 Å². The predicted octanol–water partition coefficient (Wildman–Crippen LogP) is 2.83. The van der Waals surface area contributed by atoms with Crippen molar-refractivity contribution < 1.29 is 4.74 Å². The number of aromatic nitrogens is 3. The number of fused-ring (bicyclic) bond motifs is 3. The van der Waals surface area contributed by atoms with Gasteiger partial charge in [-0.2, -0.15) is 5.10 Å². The number of rotatable bonds is 1. The molecule has 0 atom stereocenters. The van der Waals surface area contributed by atoms with Crippen LogP contribution in [0.4, 0.5) is 0 Å². The van der Waals surface area contributed by atoms with Crippen molar-refractivity contribution in [3.63, 3.8) is 0 Å². The van der Waals surface area contributed by atoms with Gasteiger partial charge in [-0.25, -0.2) is 4.52 Å². The second kappa shape index (κ2) is 4.96. The molecule has 108 valence electrons. The maximum atomic E-state index is 12.2. The van der Waals surface area contributed by atoms with Crippen molar-refractivity contribution in [1.82, 2.24) is 14.6 Å². The van der Waals surface area contributed by atoms with Gasteiger partial charge in [-0.3, -0.25) is 4.79 Å². The Labute approximate surface area is 129 Å². The fraction of sp³-hybridized carbons (Fsp3) is 0.333. The number of ether oxygens (including phenoxy) is 1. The minimum absolute atomic E-state index is 0.0802. The van der Waals surface area contributed by atoms with Gasteiger partial charge in [-0.15, -0.1) is 0 Å². The average Bonchev–Trinajstić information content (AvgIpc) is 2.92. The summed E-state index contributed by atoms with van der Waals surface area (Å²) in [6, 6.07) is 7.59. The van der Waals surface area contributed by atoms with Crippen LogP contribution in [0.3, 0.4) is 0 Å². The molecule has 2 aromatic heterocycles. The van der Waals surface area contributed by atoms with Crippen molar-refractivity contribution in [2.45, 2.75) is 18.8 Å². The third-order valence-corrected chi connectivity index (χ3v) is 4.54. The van der Waals surface area contributed by atoms with Gasteiger partial charge in [0.25, 0.3) is 5.56 Å². The van der Waals surface area contributed by atoms with Crippen LogP contribution >= 0.6 is 15.9 Å². The van der Waals surface area contributed by atoms with Gasteiger partial charge in [0.15, 0.2) is 0 Å². The molecule has 0 saturated carbocycles. The first-order valence-corrected chi connectivity index (χ1v) is 7.80. The Morgan fingerprint density at radius 2 is 2.10 bits per heavy atom. The molecular formula is C15H14BrN3O2. The first-order chi connectivity index (χ1) is 10.2. The summed E-state index contributed by atoms with van der Waals surface area (Å²) in [5, 5.41) is 5.36. The Morgan fingerprint density at radius 1 is 1.29 bits per heavy atom. The molecule has 6 heteroatoms. The topological polar surface area (TPSA) is 59.4 Å². The van der Waals surface area contributed by atoms with Crippen LogP contribution in [0.15, 0.2) is 33.5 Å². The molecule has 1 aliphatic rings. The number of benzene rings is 1. The number of nitrogens with zero attached hydrogens (tertiary/aromatic N) is 2. The summed E-state index contributed by atoms with van der Waals surface area (Å²) in [4.78, 5) is 15.1. The molecule has 4 rings (SSSR count). The molecule has 1 fully saturated rings. The van der Waals surface area contributed by atoms with Gasteiger partial charge in [-0.1, -0.05) is 15.9 Å². The predicted molar refractivity (Wildman–Crippen MR) is 83.8 cm³/mol. The van der Waals surface area contributed by atoms with E-state index in [0.717, 1.165) is 47.4 Å². The van der Waals surface area contributed by atoms with Crippen LogP contribution in [-0.2, 0) is 4.74 Å². The van der Waals surface area contributed by atoms with Crippen molar-refractivity contribution in [1.29, 1.82) is 0 Å². The lowest BCUT2D eigenvalue weighted by Crippen LogP contribution is -2.14. The fourth-order valence-corrected chi connectivity index (χ4v) is 3.27. The minimum atomic E-state index is -0.0802. The summed E-state index contributed by atoms with van der Waals surface area (Å²) in [5.41, 5.74) is 2.51. The van der Waals surface area contributed by atoms with Crippen LogP contribution in [0, 0.1) is 0 Å². The van der Waals surface area contributed by atoms with Crippen molar-refractivity contribution in [2.75, 3.05) is 13.2 Å². The number of hydrogen-bond donors (Lipinski definition) is 1. The second-order valence-electron chi connectivity index (χ2n) is 5.37. The zero-order chi connectivity index (χ0) is 14.4. The first-order valence-electron chi connectivity index (χ1n) is 7.01. The van der Waals surface area contributed by atoms with Gasteiger partial charge in [0.2, 0.25) is 0 Å². The summed E-state index contributed by atoms with van der Waals surface area (Å²) >= 11 is 3.46. The first kappa shape index (κ1) is 13.0. The molecule has 1 saturated heterocycles. The van der Waals surface area contributed by atoms with Crippen LogP contribution in [0.5, 0.6) is 0 Å². The fourth-order valence-electron chi connectivity index (χ4n) is 2.92. The highest BCUT2D eigenvalue weighted by molar-refractivity contribution is 9.10. The van der Waals surface area contributed by atoms with E-state index in [1.54, 1.807) is 0 Å². The van der Waals surface area contributed by atoms with Crippen molar-refractivity contribution in [3.05, 3.63) is 44.8 Å². The molecule has 5 nitrogen and oxygen atoms in total. The van der Waals surface area contributed by atoms with Crippen LogP contribution in [-0.4, -0.2) is 27.8 Å². The van der Waals surface area contributed by atoms with Crippen LogP contribution in [0.1, 0.15) is 24.5 Å². The number of H-pyrrole nitrogens is 1. The minimum Gasteiger partial charge on any atom is -0.381 e. The zero-order valence-corrected chi connectivity index (χ0v) is 12.9. The number of hydrogen-bond acceptors (Lipinski definition) is 3. The lowest BCUT2D eigenvalue weighted by Gasteiger charge is -2.19. The summed E-state index contributed by atoms with van der Waals surface area (Å²) in [7, 11) is 0. The average molecular weight is 348 g/mol. The molecule has 0 spiro atoms. The largest absolute Gasteiger partial charge is 0.381 e. The monoisotopic (exact) mass is 347 g/mol. The van der Waals surface area contributed by atoms with Crippen molar-refractivity contribution in [2.24, 2.45) is 0 Å². The molecule has 1 aromatic carbocycles. The van der Waals surface area contributed by atoms with E-state index in [0.29, 0.717) is 11.3 Å². The summed E-state index contributed by atoms with van der Waals surface area (Å²) in [6.07, 6.45) is 1.96. The maximum absolute atomic E-state index is 12.2. The summed E-state index contributed by atoms with van der Waals surface area (Å²) in [5.74, 6) is 0.407. The number of halogens is 1. The molecule has 0 radical (unpaired) electrons. The highest BCUT2D eigenvalue weighted by Gasteiger charge is 2.20. The molecule has 3 aromatic rings. The van der Waals surface area contributed by atoms with Gasteiger partial charge >= 0.3 is 0 Å². The standard InChI is InChI=1S/C15H14BrN3O2/c16-10-1-2-11-13(7-10)19-14(17-15(11)20)8-12(18-19)9-3-5-21-6-4-9/h1-2,7-9H,3-6H2,(H,17,20).